The van der Waals surface area contributed by atoms with Crippen molar-refractivity contribution >= 4 is 44.8 Å². The molecule has 0 unspecified atom stereocenters. The summed E-state index contributed by atoms with van der Waals surface area (Å²) in [6.45, 7) is 2.26. The van der Waals surface area contributed by atoms with Gasteiger partial charge in [-0.25, -0.2) is 0 Å². The molecule has 1 N–H and O–H groups in total. The molecule has 1 fully saturated rings. The predicted molar refractivity (Wildman–Crippen MR) is 80.6 cm³/mol. The van der Waals surface area contributed by atoms with Gasteiger partial charge in [-0.05, 0) is 53.6 Å². The second kappa shape index (κ2) is 5.93. The molecule has 1 heterocycles. The third kappa shape index (κ3) is 3.28. The Morgan fingerprint density at radius 2 is 2.28 bits per heavy atom. The molecule has 1 amide bonds. The van der Waals surface area contributed by atoms with Crippen molar-refractivity contribution in [3.8, 4) is 0 Å². The van der Waals surface area contributed by atoms with Gasteiger partial charge in [-0.15, -0.1) is 22.9 Å². The molecule has 1 aliphatic carbocycles. The van der Waals surface area contributed by atoms with E-state index in [1.54, 1.807) is 0 Å². The molecule has 0 saturated heterocycles. The maximum Gasteiger partial charge on any atom is 0.252 e. The van der Waals surface area contributed by atoms with E-state index in [1.165, 1.54) is 11.3 Å². The molecule has 0 radical (unpaired) electrons. The number of nitrogens with one attached hydrogen (secondary N) is 1. The van der Waals surface area contributed by atoms with Gasteiger partial charge < -0.3 is 5.32 Å². The van der Waals surface area contributed by atoms with Gasteiger partial charge in [0.1, 0.15) is 0 Å². The summed E-state index contributed by atoms with van der Waals surface area (Å²) in [6, 6.07) is 1.85. The number of hydrogen-bond donors (Lipinski definition) is 1. The summed E-state index contributed by atoms with van der Waals surface area (Å²) in [4.78, 5) is 12.2. The molecule has 2 rings (SSSR count). The molecule has 2 nitrogen and oxygen atoms in total. The van der Waals surface area contributed by atoms with E-state index in [-0.39, 0.29) is 11.4 Å². The Kier molecular flexibility index (Phi) is 4.73. The molecule has 0 atom stereocenters. The van der Waals surface area contributed by atoms with E-state index in [4.69, 9.17) is 11.6 Å². The highest BCUT2D eigenvalue weighted by Crippen LogP contribution is 2.33. The Balaban J connectivity index is 2.04. The van der Waals surface area contributed by atoms with Gasteiger partial charge in [-0.2, -0.15) is 0 Å². The Morgan fingerprint density at radius 1 is 1.61 bits per heavy atom. The van der Waals surface area contributed by atoms with Crippen molar-refractivity contribution in [1.82, 2.24) is 5.32 Å². The second-order valence-corrected chi connectivity index (χ2v) is 7.75. The van der Waals surface area contributed by atoms with Crippen LogP contribution in [0.25, 0.3) is 0 Å². The van der Waals surface area contributed by atoms with E-state index >= 15 is 0 Å². The topological polar surface area (TPSA) is 29.1 Å². The highest BCUT2D eigenvalue weighted by atomic mass is 79.9. The number of halogens is 2. The fourth-order valence-electron chi connectivity index (χ4n) is 2.35. The van der Waals surface area contributed by atoms with Crippen LogP contribution in [0.3, 0.4) is 0 Å². The number of amides is 1. The van der Waals surface area contributed by atoms with Crippen molar-refractivity contribution in [1.29, 1.82) is 0 Å². The number of thiophene rings is 1. The Morgan fingerprint density at radius 3 is 2.78 bits per heavy atom. The van der Waals surface area contributed by atoms with Gasteiger partial charge in [0.05, 0.1) is 14.9 Å². The summed E-state index contributed by atoms with van der Waals surface area (Å²) in [6.07, 6.45) is 4.24. The van der Waals surface area contributed by atoms with Gasteiger partial charge >= 0.3 is 0 Å². The van der Waals surface area contributed by atoms with Crippen molar-refractivity contribution in [2.75, 3.05) is 5.88 Å². The minimum Gasteiger partial charge on any atom is -0.345 e. The van der Waals surface area contributed by atoms with Gasteiger partial charge in [0.15, 0.2) is 0 Å². The number of alkyl halides is 1. The maximum absolute atomic E-state index is 12.2. The third-order valence-corrected chi connectivity index (χ3v) is 5.71. The second-order valence-electron chi connectivity index (χ2n) is 5.19. The van der Waals surface area contributed by atoms with Gasteiger partial charge in [-0.3, -0.25) is 4.79 Å². The highest BCUT2D eigenvalue weighted by Gasteiger charge is 2.35. The summed E-state index contributed by atoms with van der Waals surface area (Å²) in [5, 5.41) is 5.02. The van der Waals surface area contributed by atoms with Gasteiger partial charge in [-0.1, -0.05) is 6.92 Å². The summed E-state index contributed by atoms with van der Waals surface area (Å²) in [7, 11) is 0. The Labute approximate surface area is 125 Å². The lowest BCUT2D eigenvalue weighted by Gasteiger charge is -2.38. The average molecular weight is 351 g/mol. The van der Waals surface area contributed by atoms with Crippen LogP contribution in [-0.2, 0) is 0 Å². The van der Waals surface area contributed by atoms with E-state index in [0.29, 0.717) is 5.88 Å². The van der Waals surface area contributed by atoms with Crippen molar-refractivity contribution in [3.63, 3.8) is 0 Å². The zero-order valence-electron chi connectivity index (χ0n) is 10.3. The van der Waals surface area contributed by atoms with Gasteiger partial charge in [0.2, 0.25) is 0 Å². The minimum atomic E-state index is -0.209. The van der Waals surface area contributed by atoms with Crippen LogP contribution in [-0.4, -0.2) is 17.3 Å². The van der Waals surface area contributed by atoms with Crippen LogP contribution in [0.1, 0.15) is 43.0 Å². The quantitative estimate of drug-likeness (QED) is 0.803. The molecule has 0 aromatic carbocycles. The van der Waals surface area contributed by atoms with Crippen LogP contribution in [0.5, 0.6) is 0 Å². The first kappa shape index (κ1) is 14.4. The number of rotatable bonds is 3. The molecule has 1 saturated carbocycles. The molecule has 5 heteroatoms. The number of carbonyl (C=O) groups excluding carboxylic acids is 1. The van der Waals surface area contributed by atoms with Crippen LogP contribution in [0, 0.1) is 5.92 Å². The summed E-state index contributed by atoms with van der Waals surface area (Å²) in [5.74, 6) is 1.23. The van der Waals surface area contributed by atoms with Crippen LogP contribution in [0.2, 0.25) is 0 Å². The molecular formula is C13H17BrClNOS. The van der Waals surface area contributed by atoms with Gasteiger partial charge in [0.25, 0.3) is 5.91 Å². The van der Waals surface area contributed by atoms with E-state index in [9.17, 15) is 4.79 Å². The average Bonchev–Trinajstić information content (AvgIpc) is 2.79. The Hall–Kier alpha value is -0.0600. The fraction of sp³-hybridized carbons (Fsp3) is 0.615. The number of carbonyl (C=O) groups is 1. The monoisotopic (exact) mass is 349 g/mol. The first-order valence-electron chi connectivity index (χ1n) is 6.17. The van der Waals surface area contributed by atoms with E-state index < -0.39 is 0 Å². The molecule has 1 aromatic heterocycles. The Bertz CT molecular complexity index is 426. The standard InChI is InChI=1S/C13H17BrClNOS/c1-9-2-4-13(8-15,5-3-9)16-12(17)10-6-11(14)18-7-10/h6-7,9H,2-5,8H2,1H3,(H,16,17). The molecular weight excluding hydrogens is 334 g/mol. The van der Waals surface area contributed by atoms with Gasteiger partial charge in [0, 0.05) is 11.3 Å². The molecule has 1 aromatic rings. The van der Waals surface area contributed by atoms with Crippen molar-refractivity contribution in [2.24, 2.45) is 5.92 Å². The highest BCUT2D eigenvalue weighted by molar-refractivity contribution is 9.11. The van der Waals surface area contributed by atoms with Crippen LogP contribution < -0.4 is 5.32 Å². The van der Waals surface area contributed by atoms with Crippen LogP contribution in [0.4, 0.5) is 0 Å². The van der Waals surface area contributed by atoms with Crippen molar-refractivity contribution in [3.05, 3.63) is 20.8 Å². The molecule has 0 bridgehead atoms. The SMILES string of the molecule is CC1CCC(CCl)(NC(=O)c2csc(Br)c2)CC1. The third-order valence-electron chi connectivity index (χ3n) is 3.70. The first-order chi connectivity index (χ1) is 8.54. The largest absolute Gasteiger partial charge is 0.345 e. The lowest BCUT2D eigenvalue weighted by Crippen LogP contribution is -2.52. The van der Waals surface area contributed by atoms with Crippen molar-refractivity contribution < 1.29 is 4.79 Å². The van der Waals surface area contributed by atoms with E-state index in [2.05, 4.69) is 28.2 Å². The lowest BCUT2D eigenvalue weighted by atomic mass is 9.78. The molecule has 100 valence electrons. The smallest absolute Gasteiger partial charge is 0.252 e. The molecule has 0 spiro atoms. The molecule has 0 aliphatic heterocycles. The molecule has 18 heavy (non-hydrogen) atoms. The summed E-state index contributed by atoms with van der Waals surface area (Å²) in [5.41, 5.74) is 0.509. The van der Waals surface area contributed by atoms with Crippen molar-refractivity contribution in [2.45, 2.75) is 38.1 Å². The van der Waals surface area contributed by atoms with Crippen LogP contribution in [0.15, 0.2) is 15.2 Å². The van der Waals surface area contributed by atoms with E-state index in [0.717, 1.165) is 41.0 Å². The lowest BCUT2D eigenvalue weighted by molar-refractivity contribution is 0.0873. The fourth-order valence-corrected chi connectivity index (χ4v) is 3.82. The number of hydrogen-bond acceptors (Lipinski definition) is 2. The zero-order chi connectivity index (χ0) is 13.2. The molecule has 1 aliphatic rings. The normalized spacial score (nSPS) is 28.1. The summed E-state index contributed by atoms with van der Waals surface area (Å²) < 4.78 is 0.977. The first-order valence-corrected chi connectivity index (χ1v) is 8.38. The van der Waals surface area contributed by atoms with E-state index in [1.807, 2.05) is 11.4 Å². The van der Waals surface area contributed by atoms with Crippen LogP contribution >= 0.6 is 38.9 Å². The zero-order valence-corrected chi connectivity index (χ0v) is 13.5. The minimum absolute atomic E-state index is 0.00727. The maximum atomic E-state index is 12.2. The predicted octanol–water partition coefficient (Wildman–Crippen LogP) is 4.43. The summed E-state index contributed by atoms with van der Waals surface area (Å²) >= 11 is 11.0.